The van der Waals surface area contributed by atoms with Gasteiger partial charge in [0, 0.05) is 24.3 Å². The van der Waals surface area contributed by atoms with Crippen molar-refractivity contribution in [1.29, 1.82) is 0 Å². The highest BCUT2D eigenvalue weighted by Gasteiger charge is 2.31. The average molecular weight is 321 g/mol. The molecule has 1 N–H and O–H groups in total. The summed E-state index contributed by atoms with van der Waals surface area (Å²) >= 11 is 0. The van der Waals surface area contributed by atoms with Crippen LogP contribution in [0, 0.1) is 6.92 Å². The highest BCUT2D eigenvalue weighted by Crippen LogP contribution is 2.35. The largest absolute Gasteiger partial charge is 0.367 e. The molecule has 1 saturated carbocycles. The Bertz CT molecular complexity index is 754. The Morgan fingerprint density at radius 1 is 1.21 bits per heavy atom. The van der Waals surface area contributed by atoms with E-state index in [1.54, 1.807) is 6.20 Å². The van der Waals surface area contributed by atoms with Crippen LogP contribution in [-0.4, -0.2) is 28.4 Å². The molecule has 2 aliphatic rings. The second-order valence-electron chi connectivity index (χ2n) is 6.86. The molecule has 2 heterocycles. The molecular weight excluding hydrogens is 298 g/mol. The monoisotopic (exact) mass is 321 g/mol. The zero-order valence-electron chi connectivity index (χ0n) is 14.0. The Labute approximate surface area is 142 Å². The van der Waals surface area contributed by atoms with Crippen molar-refractivity contribution in [2.45, 2.75) is 44.7 Å². The maximum Gasteiger partial charge on any atom is 0.254 e. The second-order valence-corrected chi connectivity index (χ2v) is 6.86. The molecule has 1 aliphatic carbocycles. The maximum absolute atomic E-state index is 13.1. The van der Waals surface area contributed by atoms with E-state index < -0.39 is 0 Å². The molecule has 1 saturated heterocycles. The molecule has 4 nitrogen and oxygen atoms in total. The van der Waals surface area contributed by atoms with Gasteiger partial charge in [-0.05, 0) is 55.9 Å². The fourth-order valence-electron chi connectivity index (χ4n) is 3.54. The van der Waals surface area contributed by atoms with Gasteiger partial charge < -0.3 is 10.2 Å². The third-order valence-electron chi connectivity index (χ3n) is 5.00. The van der Waals surface area contributed by atoms with Crippen molar-refractivity contribution >= 4 is 11.7 Å². The van der Waals surface area contributed by atoms with Crippen LogP contribution in [0.3, 0.4) is 0 Å². The molecule has 124 valence electrons. The zero-order valence-corrected chi connectivity index (χ0v) is 14.0. The molecule has 0 radical (unpaired) electrons. The van der Waals surface area contributed by atoms with Gasteiger partial charge in [0.25, 0.3) is 5.91 Å². The smallest absolute Gasteiger partial charge is 0.254 e. The SMILES string of the molecule is Cc1ccccc1C1CCCN1C(=O)c1ccnc(NC2CC2)c1. The number of pyridine rings is 1. The Morgan fingerprint density at radius 3 is 2.83 bits per heavy atom. The number of hydrogen-bond donors (Lipinski definition) is 1. The number of carbonyl (C=O) groups excluding carboxylic acids is 1. The number of nitrogens with one attached hydrogen (secondary N) is 1. The van der Waals surface area contributed by atoms with E-state index >= 15 is 0 Å². The van der Waals surface area contributed by atoms with E-state index in [0.29, 0.717) is 6.04 Å². The van der Waals surface area contributed by atoms with Crippen molar-refractivity contribution in [1.82, 2.24) is 9.88 Å². The Hall–Kier alpha value is -2.36. The summed E-state index contributed by atoms with van der Waals surface area (Å²) in [4.78, 5) is 19.4. The van der Waals surface area contributed by atoms with E-state index in [2.05, 4.69) is 41.5 Å². The summed E-state index contributed by atoms with van der Waals surface area (Å²) in [6, 6.07) is 12.8. The van der Waals surface area contributed by atoms with Crippen LogP contribution in [0.4, 0.5) is 5.82 Å². The summed E-state index contributed by atoms with van der Waals surface area (Å²) in [6.45, 7) is 2.95. The van der Waals surface area contributed by atoms with Gasteiger partial charge in [0.2, 0.25) is 0 Å². The van der Waals surface area contributed by atoms with Gasteiger partial charge in [0.15, 0.2) is 0 Å². The van der Waals surface area contributed by atoms with Crippen LogP contribution in [0.1, 0.15) is 53.2 Å². The van der Waals surface area contributed by atoms with Gasteiger partial charge in [-0.25, -0.2) is 4.98 Å². The van der Waals surface area contributed by atoms with Crippen LogP contribution < -0.4 is 5.32 Å². The fourth-order valence-corrected chi connectivity index (χ4v) is 3.54. The van der Waals surface area contributed by atoms with Crippen LogP contribution >= 0.6 is 0 Å². The van der Waals surface area contributed by atoms with Gasteiger partial charge in [-0.3, -0.25) is 4.79 Å². The Morgan fingerprint density at radius 2 is 2.04 bits per heavy atom. The summed E-state index contributed by atoms with van der Waals surface area (Å²) in [5, 5.41) is 3.37. The summed E-state index contributed by atoms with van der Waals surface area (Å²) in [5.74, 6) is 0.928. The number of aromatic nitrogens is 1. The topological polar surface area (TPSA) is 45.2 Å². The van der Waals surface area contributed by atoms with Crippen molar-refractivity contribution < 1.29 is 4.79 Å². The first kappa shape index (κ1) is 15.2. The van der Waals surface area contributed by atoms with Crippen LogP contribution in [0.15, 0.2) is 42.6 Å². The molecule has 1 atom stereocenters. The minimum Gasteiger partial charge on any atom is -0.367 e. The number of amides is 1. The molecule has 4 rings (SSSR count). The normalized spacial score (nSPS) is 20.2. The first-order valence-electron chi connectivity index (χ1n) is 8.81. The Balaban J connectivity index is 1.57. The molecule has 1 unspecified atom stereocenters. The lowest BCUT2D eigenvalue weighted by atomic mass is 9.99. The lowest BCUT2D eigenvalue weighted by molar-refractivity contribution is 0.0735. The predicted octanol–water partition coefficient (Wildman–Crippen LogP) is 3.94. The van der Waals surface area contributed by atoms with Gasteiger partial charge in [0.05, 0.1) is 6.04 Å². The highest BCUT2D eigenvalue weighted by molar-refractivity contribution is 5.95. The van der Waals surface area contributed by atoms with Crippen molar-refractivity contribution in [2.24, 2.45) is 0 Å². The minimum atomic E-state index is 0.113. The first-order chi connectivity index (χ1) is 11.7. The summed E-state index contributed by atoms with van der Waals surface area (Å²) in [5.41, 5.74) is 3.26. The number of rotatable bonds is 4. The van der Waals surface area contributed by atoms with Crippen molar-refractivity contribution in [3.05, 3.63) is 59.3 Å². The molecular formula is C20H23N3O. The van der Waals surface area contributed by atoms with E-state index in [1.807, 2.05) is 17.0 Å². The van der Waals surface area contributed by atoms with Crippen molar-refractivity contribution in [2.75, 3.05) is 11.9 Å². The third-order valence-corrected chi connectivity index (χ3v) is 5.00. The van der Waals surface area contributed by atoms with E-state index in [1.165, 1.54) is 24.0 Å². The van der Waals surface area contributed by atoms with E-state index in [4.69, 9.17) is 0 Å². The quantitative estimate of drug-likeness (QED) is 0.927. The third kappa shape index (κ3) is 3.01. The van der Waals surface area contributed by atoms with Crippen LogP contribution in [0.25, 0.3) is 0 Å². The summed E-state index contributed by atoms with van der Waals surface area (Å²) in [7, 11) is 0. The average Bonchev–Trinajstić information content (AvgIpc) is 3.28. The molecule has 2 aromatic rings. The van der Waals surface area contributed by atoms with E-state index in [-0.39, 0.29) is 11.9 Å². The molecule has 0 spiro atoms. The van der Waals surface area contributed by atoms with Crippen LogP contribution in [0.5, 0.6) is 0 Å². The lowest BCUT2D eigenvalue weighted by Crippen LogP contribution is -2.31. The number of likely N-dealkylation sites (tertiary alicyclic amines) is 1. The molecule has 1 amide bonds. The summed E-state index contributed by atoms with van der Waals surface area (Å²) < 4.78 is 0. The predicted molar refractivity (Wildman–Crippen MR) is 95.1 cm³/mol. The van der Waals surface area contributed by atoms with E-state index in [9.17, 15) is 4.79 Å². The van der Waals surface area contributed by atoms with Crippen molar-refractivity contribution in [3.8, 4) is 0 Å². The maximum atomic E-state index is 13.1. The number of benzene rings is 1. The lowest BCUT2D eigenvalue weighted by Gasteiger charge is -2.26. The van der Waals surface area contributed by atoms with Gasteiger partial charge in [-0.1, -0.05) is 24.3 Å². The minimum absolute atomic E-state index is 0.113. The molecule has 0 bridgehead atoms. The molecule has 24 heavy (non-hydrogen) atoms. The number of nitrogens with zero attached hydrogens (tertiary/aromatic N) is 2. The van der Waals surface area contributed by atoms with E-state index in [0.717, 1.165) is 30.8 Å². The highest BCUT2D eigenvalue weighted by atomic mass is 16.2. The number of aryl methyl sites for hydroxylation is 1. The molecule has 1 aliphatic heterocycles. The van der Waals surface area contributed by atoms with Gasteiger partial charge in [-0.15, -0.1) is 0 Å². The standard InChI is InChI=1S/C20H23N3O/c1-14-5-2-3-6-17(14)18-7-4-12-23(18)20(24)15-10-11-21-19(13-15)22-16-8-9-16/h2-3,5-6,10-11,13,16,18H,4,7-9,12H2,1H3,(H,21,22). The van der Waals surface area contributed by atoms with Crippen molar-refractivity contribution in [3.63, 3.8) is 0 Å². The number of anilines is 1. The van der Waals surface area contributed by atoms with Gasteiger partial charge in [-0.2, -0.15) is 0 Å². The first-order valence-corrected chi connectivity index (χ1v) is 8.81. The Kier molecular flexibility index (Phi) is 3.97. The molecule has 1 aromatic carbocycles. The summed E-state index contributed by atoms with van der Waals surface area (Å²) in [6.07, 6.45) is 6.22. The molecule has 4 heteroatoms. The molecule has 1 aromatic heterocycles. The van der Waals surface area contributed by atoms with Crippen LogP contribution in [0.2, 0.25) is 0 Å². The fraction of sp³-hybridized carbons (Fsp3) is 0.400. The number of hydrogen-bond acceptors (Lipinski definition) is 3. The van der Waals surface area contributed by atoms with Gasteiger partial charge in [0.1, 0.15) is 5.82 Å². The number of carbonyl (C=O) groups is 1. The molecule has 2 fully saturated rings. The van der Waals surface area contributed by atoms with Gasteiger partial charge >= 0.3 is 0 Å². The zero-order chi connectivity index (χ0) is 16.5. The second kappa shape index (κ2) is 6.27. The van der Waals surface area contributed by atoms with Crippen LogP contribution in [-0.2, 0) is 0 Å².